The highest BCUT2D eigenvalue weighted by molar-refractivity contribution is 9.10. The fourth-order valence-corrected chi connectivity index (χ4v) is 3.16. The number of benzene rings is 2. The molecule has 1 amide bonds. The van der Waals surface area contributed by atoms with Gasteiger partial charge in [0.25, 0.3) is 5.91 Å². The van der Waals surface area contributed by atoms with Gasteiger partial charge in [0.15, 0.2) is 0 Å². The highest BCUT2D eigenvalue weighted by Gasteiger charge is 2.36. The summed E-state index contributed by atoms with van der Waals surface area (Å²) in [6.07, 6.45) is 0. The second kappa shape index (κ2) is 6.53. The van der Waals surface area contributed by atoms with E-state index in [0.29, 0.717) is 4.47 Å². The first-order valence-electron chi connectivity index (χ1n) is 5.76. The van der Waals surface area contributed by atoms with Crippen LogP contribution in [0.3, 0.4) is 0 Å². The molecule has 1 atom stereocenters. The Morgan fingerprint density at radius 2 is 1.57 bits per heavy atom. The first-order valence-corrected chi connectivity index (χ1v) is 7.74. The predicted molar refractivity (Wildman–Crippen MR) is 79.0 cm³/mol. The largest absolute Gasteiger partial charge is 0.457 e. The highest BCUT2D eigenvalue weighted by Crippen LogP contribution is 2.29. The molecule has 2 aromatic rings. The van der Waals surface area contributed by atoms with Crippen molar-refractivity contribution in [1.82, 2.24) is 0 Å². The highest BCUT2D eigenvalue weighted by atomic mass is 79.9. The molecule has 0 aliphatic heterocycles. The van der Waals surface area contributed by atoms with Gasteiger partial charge in [-0.1, -0.05) is 30.3 Å². The fourth-order valence-electron chi connectivity index (χ4n) is 1.55. The number of carbonyl (C=O) groups excluding carboxylic acids is 1. The zero-order valence-corrected chi connectivity index (χ0v) is 12.9. The van der Waals surface area contributed by atoms with E-state index in [9.17, 15) is 18.0 Å². The zero-order valence-electron chi connectivity index (χ0n) is 10.5. The lowest BCUT2D eigenvalue weighted by Crippen LogP contribution is -2.18. The summed E-state index contributed by atoms with van der Waals surface area (Å²) < 4.78 is 43.2. The van der Waals surface area contributed by atoms with E-state index in [1.807, 2.05) is 0 Å². The van der Waals surface area contributed by atoms with Crippen LogP contribution in [0.4, 0.5) is 13.2 Å². The lowest BCUT2D eigenvalue weighted by molar-refractivity contribution is -0.0357. The zero-order chi connectivity index (χ0) is 15.5. The SMILES string of the molecule is O=C(N=S(c1ccccc1)C(F)(F)F)c1ccccc1Br. The molecule has 2 nitrogen and oxygen atoms in total. The lowest BCUT2D eigenvalue weighted by Gasteiger charge is -2.11. The first-order chi connectivity index (χ1) is 9.89. The number of halogens is 4. The van der Waals surface area contributed by atoms with E-state index in [0.717, 1.165) is 0 Å². The third-order valence-corrected chi connectivity index (χ3v) is 4.66. The molecule has 0 saturated heterocycles. The Bertz CT molecular complexity index is 686. The van der Waals surface area contributed by atoms with Crippen LogP contribution in [0.5, 0.6) is 0 Å². The molecular formula is C14H9BrF3NOS. The first kappa shape index (κ1) is 15.9. The molecule has 0 N–H and O–H groups in total. The molecule has 0 fully saturated rings. The maximum Gasteiger partial charge on any atom is 0.457 e. The molecule has 7 heteroatoms. The monoisotopic (exact) mass is 375 g/mol. The molecule has 0 radical (unpaired) electrons. The molecule has 2 aromatic carbocycles. The van der Waals surface area contributed by atoms with E-state index in [1.165, 1.54) is 30.3 Å². The number of hydrogen-bond donors (Lipinski definition) is 0. The molecule has 0 heterocycles. The number of amides is 1. The van der Waals surface area contributed by atoms with Crippen molar-refractivity contribution in [2.24, 2.45) is 4.36 Å². The van der Waals surface area contributed by atoms with Crippen molar-refractivity contribution in [2.45, 2.75) is 10.4 Å². The third-order valence-electron chi connectivity index (χ3n) is 2.46. The van der Waals surface area contributed by atoms with E-state index in [2.05, 4.69) is 20.3 Å². The molecule has 0 bridgehead atoms. The summed E-state index contributed by atoms with van der Waals surface area (Å²) in [7, 11) is -2.49. The van der Waals surface area contributed by atoms with Crippen LogP contribution < -0.4 is 0 Å². The lowest BCUT2D eigenvalue weighted by atomic mass is 10.2. The van der Waals surface area contributed by atoms with Crippen molar-refractivity contribution in [3.05, 3.63) is 64.6 Å². The minimum Gasteiger partial charge on any atom is -0.266 e. The van der Waals surface area contributed by atoms with E-state index in [4.69, 9.17) is 0 Å². The van der Waals surface area contributed by atoms with Crippen molar-refractivity contribution < 1.29 is 18.0 Å². The van der Waals surface area contributed by atoms with Crippen LogP contribution in [0.2, 0.25) is 0 Å². The van der Waals surface area contributed by atoms with Gasteiger partial charge in [0, 0.05) is 20.1 Å². The average Bonchev–Trinajstić information content (AvgIpc) is 2.44. The molecule has 1 unspecified atom stereocenters. The van der Waals surface area contributed by atoms with Gasteiger partial charge in [-0.05, 0) is 40.2 Å². The normalized spacial score (nSPS) is 13.1. The molecule has 0 aliphatic rings. The van der Waals surface area contributed by atoms with Gasteiger partial charge >= 0.3 is 5.51 Å². The van der Waals surface area contributed by atoms with Gasteiger partial charge in [0.05, 0.1) is 5.56 Å². The van der Waals surface area contributed by atoms with Gasteiger partial charge < -0.3 is 0 Å². The summed E-state index contributed by atoms with van der Waals surface area (Å²) >= 11 is 3.13. The summed E-state index contributed by atoms with van der Waals surface area (Å²) in [5.74, 6) is -0.896. The van der Waals surface area contributed by atoms with E-state index in [-0.39, 0.29) is 10.5 Å². The number of rotatable bonds is 2. The molecule has 0 aliphatic carbocycles. The summed E-state index contributed by atoms with van der Waals surface area (Å²) in [6, 6.07) is 13.5. The van der Waals surface area contributed by atoms with Gasteiger partial charge in [0.1, 0.15) is 0 Å². The minimum atomic E-state index is -4.60. The third kappa shape index (κ3) is 4.01. The summed E-state index contributed by atoms with van der Waals surface area (Å²) in [4.78, 5) is 12.0. The van der Waals surface area contributed by atoms with Crippen LogP contribution in [0, 0.1) is 0 Å². The quantitative estimate of drug-likeness (QED) is 0.728. The molecule has 110 valence electrons. The van der Waals surface area contributed by atoms with Gasteiger partial charge in [-0.2, -0.15) is 17.5 Å². The van der Waals surface area contributed by atoms with Crippen molar-refractivity contribution in [1.29, 1.82) is 0 Å². The molecular weight excluding hydrogens is 367 g/mol. The van der Waals surface area contributed by atoms with Crippen LogP contribution in [0.15, 0.2) is 68.3 Å². The fraction of sp³-hybridized carbons (Fsp3) is 0.0714. The molecule has 2 rings (SSSR count). The second-order valence-corrected chi connectivity index (χ2v) is 6.46. The number of hydrogen-bond acceptors (Lipinski definition) is 1. The summed E-state index contributed by atoms with van der Waals surface area (Å²) in [5, 5.41) is 0. The molecule has 0 aromatic heterocycles. The smallest absolute Gasteiger partial charge is 0.266 e. The van der Waals surface area contributed by atoms with Gasteiger partial charge in [-0.3, -0.25) is 4.79 Å². The van der Waals surface area contributed by atoms with Gasteiger partial charge in [-0.15, -0.1) is 0 Å². The summed E-state index contributed by atoms with van der Waals surface area (Å²) in [5.41, 5.74) is -4.49. The molecule has 0 spiro atoms. The van der Waals surface area contributed by atoms with Crippen LogP contribution in [-0.4, -0.2) is 11.4 Å². The molecule has 21 heavy (non-hydrogen) atoms. The Balaban J connectivity index is 2.48. The van der Waals surface area contributed by atoms with Crippen molar-refractivity contribution in [3.8, 4) is 0 Å². The minimum absolute atomic E-state index is 0.0367. The van der Waals surface area contributed by atoms with E-state index < -0.39 is 22.1 Å². The Morgan fingerprint density at radius 1 is 1.00 bits per heavy atom. The molecule has 0 saturated carbocycles. The number of carbonyl (C=O) groups is 1. The van der Waals surface area contributed by atoms with Crippen molar-refractivity contribution in [2.75, 3.05) is 0 Å². The maximum atomic E-state index is 13.1. The second-order valence-electron chi connectivity index (χ2n) is 3.92. The predicted octanol–water partition coefficient (Wildman–Crippen LogP) is 4.97. The van der Waals surface area contributed by atoms with Crippen molar-refractivity contribution >= 4 is 32.5 Å². The van der Waals surface area contributed by atoms with Gasteiger partial charge in [0.2, 0.25) is 0 Å². The summed E-state index contributed by atoms with van der Waals surface area (Å²) in [6.45, 7) is 0. The topological polar surface area (TPSA) is 29.4 Å². The van der Waals surface area contributed by atoms with Crippen LogP contribution in [0.25, 0.3) is 0 Å². The Labute approximate surface area is 130 Å². The standard InChI is InChI=1S/C14H9BrF3NOS/c15-12-9-5-4-8-11(12)13(20)19-21(14(16,17)18)10-6-2-1-3-7-10/h1-9H. The number of nitrogens with zero attached hydrogens (tertiary/aromatic N) is 1. The Hall–Kier alpha value is -1.47. The maximum absolute atomic E-state index is 13.1. The van der Waals surface area contributed by atoms with E-state index >= 15 is 0 Å². The number of alkyl halides is 3. The van der Waals surface area contributed by atoms with E-state index in [1.54, 1.807) is 24.3 Å². The average molecular weight is 376 g/mol. The van der Waals surface area contributed by atoms with Crippen LogP contribution >= 0.6 is 15.9 Å². The van der Waals surface area contributed by atoms with Gasteiger partial charge in [-0.25, -0.2) is 0 Å². The van der Waals surface area contributed by atoms with Crippen LogP contribution in [0.1, 0.15) is 10.4 Å². The Kier molecular flexibility index (Phi) is 4.95. The van der Waals surface area contributed by atoms with Crippen molar-refractivity contribution in [3.63, 3.8) is 0 Å². The Morgan fingerprint density at radius 3 is 2.14 bits per heavy atom. The van der Waals surface area contributed by atoms with Crippen LogP contribution in [-0.2, 0) is 10.7 Å².